The van der Waals surface area contributed by atoms with Crippen LogP contribution in [0.25, 0.3) is 16.9 Å². The van der Waals surface area contributed by atoms with Gasteiger partial charge in [-0.25, -0.2) is 14.1 Å². The summed E-state index contributed by atoms with van der Waals surface area (Å²) in [5, 5.41) is 4.80. The topological polar surface area (TPSA) is 49.7 Å². The molecule has 0 spiro atoms. The summed E-state index contributed by atoms with van der Waals surface area (Å²) in [5.41, 5.74) is 5.78. The Bertz CT molecular complexity index is 1130. The van der Waals surface area contributed by atoms with Crippen LogP contribution in [0.5, 0.6) is 0 Å². The number of H-pyrrole nitrogens is 1. The van der Waals surface area contributed by atoms with Gasteiger partial charge in [0.25, 0.3) is 0 Å². The van der Waals surface area contributed by atoms with Gasteiger partial charge < -0.3 is 4.98 Å². The molecule has 2 aromatic carbocycles. The molecule has 6 heteroatoms. The Morgan fingerprint density at radius 3 is 2.62 bits per heavy atom. The molecular formula is C23H24FN5. The summed E-state index contributed by atoms with van der Waals surface area (Å²) in [6.45, 7) is 5.40. The van der Waals surface area contributed by atoms with Crippen LogP contribution >= 0.6 is 0 Å². The van der Waals surface area contributed by atoms with Crippen molar-refractivity contribution < 1.29 is 4.39 Å². The van der Waals surface area contributed by atoms with Gasteiger partial charge in [-0.3, -0.25) is 4.90 Å². The third kappa shape index (κ3) is 4.43. The number of imidazole rings is 1. The zero-order chi connectivity index (χ0) is 20.4. The van der Waals surface area contributed by atoms with Crippen LogP contribution < -0.4 is 0 Å². The fraction of sp³-hybridized carbons (Fsp3) is 0.217. The molecule has 0 aliphatic heterocycles. The molecule has 5 nitrogen and oxygen atoms in total. The highest BCUT2D eigenvalue weighted by Gasteiger charge is 2.15. The normalized spacial score (nSPS) is 11.3. The molecule has 4 rings (SSSR count). The standard InChI is InChI=1S/C23H24FN5/c1-16-6-4-9-21(10-16)29-14-19(13-28(3)15-22-25-12-17(2)26-22)23(27-29)18-7-5-8-20(24)11-18/h4-12,14H,13,15H2,1-3H3,(H,25,26). The van der Waals surface area contributed by atoms with Gasteiger partial charge >= 0.3 is 0 Å². The molecule has 1 N–H and O–H groups in total. The molecule has 0 amide bonds. The van der Waals surface area contributed by atoms with Crippen molar-refractivity contribution >= 4 is 0 Å². The highest BCUT2D eigenvalue weighted by Crippen LogP contribution is 2.26. The number of halogens is 1. The Labute approximate surface area is 169 Å². The molecule has 2 heterocycles. The highest BCUT2D eigenvalue weighted by molar-refractivity contribution is 5.63. The fourth-order valence-electron chi connectivity index (χ4n) is 3.46. The van der Waals surface area contributed by atoms with Crippen molar-refractivity contribution in [2.75, 3.05) is 7.05 Å². The van der Waals surface area contributed by atoms with Gasteiger partial charge in [0.2, 0.25) is 0 Å². The zero-order valence-electron chi connectivity index (χ0n) is 16.9. The Hall–Kier alpha value is -3.25. The summed E-state index contributed by atoms with van der Waals surface area (Å²) < 4.78 is 15.7. The molecule has 0 atom stereocenters. The van der Waals surface area contributed by atoms with Crippen LogP contribution in [0, 0.1) is 19.7 Å². The molecule has 2 aromatic heterocycles. The Morgan fingerprint density at radius 2 is 1.90 bits per heavy atom. The van der Waals surface area contributed by atoms with E-state index in [9.17, 15) is 4.39 Å². The predicted octanol–water partition coefficient (Wildman–Crippen LogP) is 4.65. The number of nitrogens with zero attached hydrogens (tertiary/aromatic N) is 4. The number of benzene rings is 2. The lowest BCUT2D eigenvalue weighted by atomic mass is 10.1. The van der Waals surface area contributed by atoms with E-state index in [1.54, 1.807) is 6.07 Å². The van der Waals surface area contributed by atoms with E-state index < -0.39 is 0 Å². The molecule has 0 aliphatic rings. The van der Waals surface area contributed by atoms with Crippen molar-refractivity contribution in [3.05, 3.63) is 89.4 Å². The van der Waals surface area contributed by atoms with Crippen LogP contribution in [0.4, 0.5) is 4.39 Å². The van der Waals surface area contributed by atoms with E-state index >= 15 is 0 Å². The first kappa shape index (κ1) is 19.1. The average Bonchev–Trinajstić information content (AvgIpc) is 3.28. The van der Waals surface area contributed by atoms with Crippen LogP contribution in [0.2, 0.25) is 0 Å². The first-order valence-corrected chi connectivity index (χ1v) is 9.58. The molecule has 29 heavy (non-hydrogen) atoms. The second kappa shape index (κ2) is 8.01. The Balaban J connectivity index is 1.68. The van der Waals surface area contributed by atoms with E-state index in [4.69, 9.17) is 5.10 Å². The number of rotatable bonds is 6. The van der Waals surface area contributed by atoms with Crippen LogP contribution in [0.3, 0.4) is 0 Å². The van der Waals surface area contributed by atoms with Gasteiger partial charge in [0, 0.05) is 35.8 Å². The molecule has 0 fully saturated rings. The summed E-state index contributed by atoms with van der Waals surface area (Å²) in [7, 11) is 2.04. The van der Waals surface area contributed by atoms with Gasteiger partial charge in [0.1, 0.15) is 11.6 Å². The maximum atomic E-state index is 13.9. The van der Waals surface area contributed by atoms with Crippen molar-refractivity contribution in [2.45, 2.75) is 26.9 Å². The number of nitrogens with one attached hydrogen (secondary N) is 1. The summed E-state index contributed by atoms with van der Waals surface area (Å²) in [6, 6.07) is 14.8. The number of aromatic nitrogens is 4. The minimum atomic E-state index is -0.266. The summed E-state index contributed by atoms with van der Waals surface area (Å²) in [4.78, 5) is 9.81. The van der Waals surface area contributed by atoms with Crippen molar-refractivity contribution in [1.29, 1.82) is 0 Å². The molecule has 0 aliphatic carbocycles. The van der Waals surface area contributed by atoms with E-state index in [0.717, 1.165) is 39.6 Å². The second-order valence-corrected chi connectivity index (χ2v) is 7.48. The number of aryl methyl sites for hydroxylation is 2. The quantitative estimate of drug-likeness (QED) is 0.522. The number of hydrogen-bond donors (Lipinski definition) is 1. The summed E-state index contributed by atoms with van der Waals surface area (Å²) in [6.07, 6.45) is 3.86. The zero-order valence-corrected chi connectivity index (χ0v) is 16.9. The van der Waals surface area contributed by atoms with Gasteiger partial charge in [0.05, 0.1) is 17.9 Å². The molecule has 0 saturated carbocycles. The van der Waals surface area contributed by atoms with Gasteiger partial charge in [-0.2, -0.15) is 5.10 Å². The molecule has 148 valence electrons. The van der Waals surface area contributed by atoms with Gasteiger partial charge in [-0.1, -0.05) is 24.3 Å². The summed E-state index contributed by atoms with van der Waals surface area (Å²) >= 11 is 0. The molecule has 0 bridgehead atoms. The molecule has 4 aromatic rings. The van der Waals surface area contributed by atoms with Crippen molar-refractivity contribution in [2.24, 2.45) is 0 Å². The molecular weight excluding hydrogens is 365 g/mol. The highest BCUT2D eigenvalue weighted by atomic mass is 19.1. The van der Waals surface area contributed by atoms with Crippen molar-refractivity contribution in [3.8, 4) is 16.9 Å². The van der Waals surface area contributed by atoms with Crippen LogP contribution in [-0.4, -0.2) is 31.7 Å². The van der Waals surface area contributed by atoms with Gasteiger partial charge in [-0.05, 0) is 50.7 Å². The lowest BCUT2D eigenvalue weighted by molar-refractivity contribution is 0.312. The Kier molecular flexibility index (Phi) is 5.27. The monoisotopic (exact) mass is 389 g/mol. The van der Waals surface area contributed by atoms with E-state index in [0.29, 0.717) is 13.1 Å². The van der Waals surface area contributed by atoms with Crippen molar-refractivity contribution in [1.82, 2.24) is 24.6 Å². The third-order valence-corrected chi connectivity index (χ3v) is 4.77. The summed E-state index contributed by atoms with van der Waals surface area (Å²) in [5.74, 6) is 0.654. The number of aromatic amines is 1. The van der Waals surface area contributed by atoms with Crippen LogP contribution in [0.15, 0.2) is 60.9 Å². The second-order valence-electron chi connectivity index (χ2n) is 7.48. The Morgan fingerprint density at radius 1 is 1.07 bits per heavy atom. The van der Waals surface area contributed by atoms with E-state index in [2.05, 4.69) is 33.9 Å². The van der Waals surface area contributed by atoms with Gasteiger partial charge in [0.15, 0.2) is 0 Å². The number of hydrogen-bond acceptors (Lipinski definition) is 3. The lowest BCUT2D eigenvalue weighted by Gasteiger charge is -2.15. The third-order valence-electron chi connectivity index (χ3n) is 4.77. The van der Waals surface area contributed by atoms with E-state index in [1.807, 2.05) is 49.2 Å². The minimum absolute atomic E-state index is 0.266. The molecule has 0 unspecified atom stereocenters. The molecule has 0 radical (unpaired) electrons. The first-order chi connectivity index (χ1) is 14.0. The maximum Gasteiger partial charge on any atom is 0.123 e. The largest absolute Gasteiger partial charge is 0.345 e. The van der Waals surface area contributed by atoms with E-state index in [1.165, 1.54) is 12.1 Å². The van der Waals surface area contributed by atoms with E-state index in [-0.39, 0.29) is 5.82 Å². The fourth-order valence-corrected chi connectivity index (χ4v) is 3.46. The van der Waals surface area contributed by atoms with Gasteiger partial charge in [-0.15, -0.1) is 0 Å². The minimum Gasteiger partial charge on any atom is -0.345 e. The van der Waals surface area contributed by atoms with Crippen molar-refractivity contribution in [3.63, 3.8) is 0 Å². The first-order valence-electron chi connectivity index (χ1n) is 9.58. The maximum absolute atomic E-state index is 13.9. The van der Waals surface area contributed by atoms with Crippen LogP contribution in [0.1, 0.15) is 22.6 Å². The average molecular weight is 389 g/mol. The molecule has 0 saturated heterocycles. The SMILES string of the molecule is Cc1cccc(-n2cc(CN(C)Cc3ncc(C)[nH]3)c(-c3cccc(F)c3)n2)c1. The van der Waals surface area contributed by atoms with Crippen LogP contribution in [-0.2, 0) is 13.1 Å². The smallest absolute Gasteiger partial charge is 0.123 e. The lowest BCUT2D eigenvalue weighted by Crippen LogP contribution is -2.18. The predicted molar refractivity (Wildman–Crippen MR) is 112 cm³/mol.